The number of rotatable bonds is 5. The fourth-order valence-corrected chi connectivity index (χ4v) is 4.05. The van der Waals surface area contributed by atoms with Crippen LogP contribution < -0.4 is 10.5 Å². The largest absolute Gasteiger partial charge is 0.495 e. The summed E-state index contributed by atoms with van der Waals surface area (Å²) in [5.74, 6) is 0.403. The Morgan fingerprint density at radius 3 is 2.58 bits per heavy atom. The Kier molecular flexibility index (Phi) is 4.01. The zero-order valence-corrected chi connectivity index (χ0v) is 12.7. The van der Waals surface area contributed by atoms with E-state index in [0.717, 1.165) is 22.2 Å². The maximum Gasteiger partial charge on any atom is 0.248 e. The Morgan fingerprint density at radius 2 is 2.05 bits per heavy atom. The number of para-hydroxylation sites is 1. The lowest BCUT2D eigenvalue weighted by atomic mass is 10.1. The lowest BCUT2D eigenvalue weighted by molar-refractivity contribution is -0.118. The summed E-state index contributed by atoms with van der Waals surface area (Å²) in [5.41, 5.74) is 7.39. The minimum Gasteiger partial charge on any atom is -0.495 e. The van der Waals surface area contributed by atoms with Crippen LogP contribution in [0.15, 0.2) is 24.4 Å². The van der Waals surface area contributed by atoms with Gasteiger partial charge in [0.1, 0.15) is 5.75 Å². The Hall–Kier alpha value is -1.27. The van der Waals surface area contributed by atoms with Crippen molar-refractivity contribution in [2.75, 3.05) is 19.6 Å². The van der Waals surface area contributed by atoms with Gasteiger partial charge < -0.3 is 15.5 Å². The van der Waals surface area contributed by atoms with E-state index in [9.17, 15) is 4.79 Å². The standard InChI is InChI=1S/C13H16N2O2S2/c1-17-10-6-4-5-8-9(7-15-11(8)10)13(18-2,19-3)12(14)16/h4-7,15H,1-3H3,(H2,14,16). The van der Waals surface area contributed by atoms with Crippen LogP contribution in [-0.2, 0) is 8.87 Å². The number of hydrogen-bond acceptors (Lipinski definition) is 4. The fourth-order valence-electron chi connectivity index (χ4n) is 2.21. The first kappa shape index (κ1) is 14.1. The molecule has 2 aromatic rings. The molecule has 0 fully saturated rings. The van der Waals surface area contributed by atoms with Gasteiger partial charge in [0.25, 0.3) is 0 Å². The van der Waals surface area contributed by atoms with Crippen molar-refractivity contribution in [2.24, 2.45) is 5.73 Å². The van der Waals surface area contributed by atoms with Crippen LogP contribution in [0.2, 0.25) is 0 Å². The fraction of sp³-hybridized carbons (Fsp3) is 0.308. The van der Waals surface area contributed by atoms with E-state index in [0.29, 0.717) is 0 Å². The van der Waals surface area contributed by atoms with Gasteiger partial charge in [-0.2, -0.15) is 0 Å². The van der Waals surface area contributed by atoms with E-state index in [-0.39, 0.29) is 5.91 Å². The molecule has 2 rings (SSSR count). The van der Waals surface area contributed by atoms with E-state index in [4.69, 9.17) is 10.5 Å². The summed E-state index contributed by atoms with van der Waals surface area (Å²) in [6.07, 6.45) is 5.62. The second-order valence-electron chi connectivity index (χ2n) is 3.97. The van der Waals surface area contributed by atoms with E-state index in [1.54, 1.807) is 7.11 Å². The highest BCUT2D eigenvalue weighted by Gasteiger charge is 2.39. The third kappa shape index (κ3) is 2.08. The topological polar surface area (TPSA) is 68.1 Å². The number of fused-ring (bicyclic) bond motifs is 1. The minimum atomic E-state index is -0.787. The molecule has 4 nitrogen and oxygen atoms in total. The molecular weight excluding hydrogens is 280 g/mol. The van der Waals surface area contributed by atoms with Crippen molar-refractivity contribution < 1.29 is 9.53 Å². The number of ether oxygens (including phenoxy) is 1. The summed E-state index contributed by atoms with van der Waals surface area (Å²) >= 11 is 2.88. The predicted molar refractivity (Wildman–Crippen MR) is 82.8 cm³/mol. The molecule has 0 atom stereocenters. The van der Waals surface area contributed by atoms with Crippen LogP contribution in [0.1, 0.15) is 5.56 Å². The second kappa shape index (κ2) is 5.38. The zero-order valence-electron chi connectivity index (χ0n) is 11.0. The molecule has 0 aliphatic carbocycles. The quantitative estimate of drug-likeness (QED) is 0.832. The number of nitrogens with two attached hydrogens (primary N) is 1. The molecule has 0 aliphatic rings. The van der Waals surface area contributed by atoms with Crippen LogP contribution in [0.4, 0.5) is 0 Å². The van der Waals surface area contributed by atoms with Crippen molar-refractivity contribution in [3.8, 4) is 5.75 Å². The molecule has 1 heterocycles. The van der Waals surface area contributed by atoms with Crippen molar-refractivity contribution in [2.45, 2.75) is 4.08 Å². The van der Waals surface area contributed by atoms with E-state index < -0.39 is 4.08 Å². The number of thioether (sulfide) groups is 2. The van der Waals surface area contributed by atoms with E-state index in [1.165, 1.54) is 23.5 Å². The Balaban J connectivity index is 2.72. The Bertz CT molecular complexity index is 606. The van der Waals surface area contributed by atoms with Gasteiger partial charge in [0, 0.05) is 17.1 Å². The maximum absolute atomic E-state index is 11.9. The molecule has 0 saturated carbocycles. The third-order valence-corrected chi connectivity index (χ3v) is 6.14. The van der Waals surface area contributed by atoms with E-state index in [1.807, 2.05) is 36.9 Å². The summed E-state index contributed by atoms with van der Waals surface area (Å²) < 4.78 is 4.53. The van der Waals surface area contributed by atoms with E-state index >= 15 is 0 Å². The van der Waals surface area contributed by atoms with Crippen molar-refractivity contribution in [1.82, 2.24) is 4.98 Å². The highest BCUT2D eigenvalue weighted by molar-refractivity contribution is 8.18. The maximum atomic E-state index is 11.9. The van der Waals surface area contributed by atoms with Crippen molar-refractivity contribution in [1.29, 1.82) is 0 Å². The average molecular weight is 296 g/mol. The van der Waals surface area contributed by atoms with Crippen LogP contribution in [0.3, 0.4) is 0 Å². The lowest BCUT2D eigenvalue weighted by Crippen LogP contribution is -2.34. The molecule has 3 N–H and O–H groups in total. The molecule has 19 heavy (non-hydrogen) atoms. The van der Waals surface area contributed by atoms with Gasteiger partial charge in [-0.3, -0.25) is 4.79 Å². The van der Waals surface area contributed by atoms with Crippen molar-refractivity contribution in [3.63, 3.8) is 0 Å². The third-order valence-electron chi connectivity index (χ3n) is 3.15. The van der Waals surface area contributed by atoms with Crippen LogP contribution in [0.25, 0.3) is 10.9 Å². The van der Waals surface area contributed by atoms with Gasteiger partial charge in [-0.15, -0.1) is 23.5 Å². The number of hydrogen-bond donors (Lipinski definition) is 2. The summed E-state index contributed by atoms with van der Waals surface area (Å²) in [6.45, 7) is 0. The number of H-pyrrole nitrogens is 1. The van der Waals surface area contributed by atoms with Gasteiger partial charge >= 0.3 is 0 Å². The molecule has 0 bridgehead atoms. The molecule has 6 heteroatoms. The van der Waals surface area contributed by atoms with Gasteiger partial charge in [-0.1, -0.05) is 12.1 Å². The molecule has 1 amide bonds. The van der Waals surface area contributed by atoms with Gasteiger partial charge in [0.05, 0.1) is 12.6 Å². The normalized spacial score (nSPS) is 11.7. The van der Waals surface area contributed by atoms with E-state index in [2.05, 4.69) is 4.98 Å². The molecule has 1 aromatic carbocycles. The Morgan fingerprint density at radius 1 is 1.37 bits per heavy atom. The Labute approximate surface area is 120 Å². The minimum absolute atomic E-state index is 0.351. The molecule has 0 spiro atoms. The van der Waals surface area contributed by atoms with Crippen LogP contribution >= 0.6 is 23.5 Å². The molecule has 0 saturated heterocycles. The first-order valence-corrected chi connectivity index (χ1v) is 8.10. The number of nitrogens with one attached hydrogen (secondary N) is 1. The monoisotopic (exact) mass is 296 g/mol. The second-order valence-corrected chi connectivity index (χ2v) is 6.27. The average Bonchev–Trinajstić information content (AvgIpc) is 2.85. The lowest BCUT2D eigenvalue weighted by Gasteiger charge is -2.26. The zero-order chi connectivity index (χ0) is 14.0. The van der Waals surface area contributed by atoms with Gasteiger partial charge in [-0.25, -0.2) is 0 Å². The molecule has 0 aliphatic heterocycles. The highest BCUT2D eigenvalue weighted by Crippen LogP contribution is 2.47. The number of aromatic nitrogens is 1. The van der Waals surface area contributed by atoms with Crippen LogP contribution in [0, 0.1) is 0 Å². The highest BCUT2D eigenvalue weighted by atomic mass is 32.2. The number of aromatic amines is 1. The van der Waals surface area contributed by atoms with Crippen LogP contribution in [0.5, 0.6) is 5.75 Å². The molecule has 102 valence electrons. The summed E-state index contributed by atoms with van der Waals surface area (Å²) in [5, 5.41) is 0.960. The number of primary amides is 1. The first-order chi connectivity index (χ1) is 9.10. The number of methoxy groups -OCH3 is 1. The number of carbonyl (C=O) groups is 1. The van der Waals surface area contributed by atoms with Gasteiger partial charge in [-0.05, 0) is 18.6 Å². The van der Waals surface area contributed by atoms with Crippen LogP contribution in [-0.4, -0.2) is 30.5 Å². The number of benzene rings is 1. The van der Waals surface area contributed by atoms with Crippen molar-refractivity contribution >= 4 is 40.3 Å². The first-order valence-electron chi connectivity index (χ1n) is 5.65. The molecule has 0 unspecified atom stereocenters. The van der Waals surface area contributed by atoms with Crippen molar-refractivity contribution in [3.05, 3.63) is 30.0 Å². The number of carbonyl (C=O) groups excluding carboxylic acids is 1. The molecule has 1 aromatic heterocycles. The molecular formula is C13H16N2O2S2. The summed E-state index contributed by atoms with van der Waals surface area (Å²) in [6, 6.07) is 5.76. The van der Waals surface area contributed by atoms with Gasteiger partial charge in [0.15, 0.2) is 4.08 Å². The SMILES string of the molecule is COc1cccc2c(C(SC)(SC)C(N)=O)c[nH]c12. The smallest absolute Gasteiger partial charge is 0.248 e. The van der Waals surface area contributed by atoms with Gasteiger partial charge in [0.2, 0.25) is 5.91 Å². The summed E-state index contributed by atoms with van der Waals surface area (Å²) in [4.78, 5) is 15.1. The molecule has 0 radical (unpaired) electrons. The summed E-state index contributed by atoms with van der Waals surface area (Å²) in [7, 11) is 1.62. The number of amides is 1. The predicted octanol–water partition coefficient (Wildman–Crippen LogP) is 2.54.